The Morgan fingerprint density at radius 1 is 1.39 bits per heavy atom. The standard InChI is InChI=1S/C12H23N3O3/c1-2-15(8-7-11(16)17)12(18)14-10-6-4-3-5-9(10)13/h9-10H,2-8,13H2,1H3,(H,14,18)(H,16,17). The molecule has 0 aromatic heterocycles. The Morgan fingerprint density at radius 2 is 2.06 bits per heavy atom. The van der Waals surface area contributed by atoms with E-state index in [4.69, 9.17) is 10.8 Å². The molecule has 0 aromatic rings. The quantitative estimate of drug-likeness (QED) is 0.677. The maximum atomic E-state index is 12.0. The molecule has 0 radical (unpaired) electrons. The van der Waals surface area contributed by atoms with Crippen LogP contribution in [0.2, 0.25) is 0 Å². The number of hydrogen-bond donors (Lipinski definition) is 3. The molecule has 4 N–H and O–H groups in total. The highest BCUT2D eigenvalue weighted by Crippen LogP contribution is 2.17. The van der Waals surface area contributed by atoms with Gasteiger partial charge in [0, 0.05) is 25.2 Å². The van der Waals surface area contributed by atoms with E-state index in [-0.39, 0.29) is 31.1 Å². The second-order valence-electron chi connectivity index (χ2n) is 4.73. The van der Waals surface area contributed by atoms with Crippen molar-refractivity contribution in [3.05, 3.63) is 0 Å². The van der Waals surface area contributed by atoms with Crippen LogP contribution in [0.25, 0.3) is 0 Å². The molecule has 1 aliphatic rings. The van der Waals surface area contributed by atoms with E-state index >= 15 is 0 Å². The highest BCUT2D eigenvalue weighted by Gasteiger charge is 2.25. The summed E-state index contributed by atoms with van der Waals surface area (Å²) in [6.07, 6.45) is 4.01. The molecule has 0 bridgehead atoms. The molecular weight excluding hydrogens is 234 g/mol. The number of aliphatic carboxylic acids is 1. The number of hydrogen-bond acceptors (Lipinski definition) is 3. The summed E-state index contributed by atoms with van der Waals surface area (Å²) in [6, 6.07) is -0.174. The van der Waals surface area contributed by atoms with Crippen molar-refractivity contribution in [2.75, 3.05) is 13.1 Å². The Morgan fingerprint density at radius 3 is 2.61 bits per heavy atom. The summed E-state index contributed by atoms with van der Waals surface area (Å²) in [4.78, 5) is 24.0. The molecule has 0 aliphatic heterocycles. The van der Waals surface area contributed by atoms with Gasteiger partial charge in [-0.1, -0.05) is 12.8 Å². The number of nitrogens with zero attached hydrogens (tertiary/aromatic N) is 1. The minimum Gasteiger partial charge on any atom is -0.481 e. The van der Waals surface area contributed by atoms with Gasteiger partial charge in [-0.05, 0) is 19.8 Å². The number of carboxylic acid groups (broad SMARTS) is 1. The molecule has 1 saturated carbocycles. The van der Waals surface area contributed by atoms with E-state index < -0.39 is 5.97 Å². The molecule has 1 aliphatic carbocycles. The van der Waals surface area contributed by atoms with Crippen molar-refractivity contribution in [2.45, 2.75) is 51.1 Å². The first kappa shape index (κ1) is 14.8. The third-order valence-corrected chi connectivity index (χ3v) is 3.39. The van der Waals surface area contributed by atoms with Crippen LogP contribution in [0.5, 0.6) is 0 Å². The normalized spacial score (nSPS) is 23.4. The zero-order chi connectivity index (χ0) is 13.5. The zero-order valence-corrected chi connectivity index (χ0v) is 10.9. The van der Waals surface area contributed by atoms with E-state index in [0.717, 1.165) is 25.7 Å². The molecule has 1 fully saturated rings. The maximum Gasteiger partial charge on any atom is 0.317 e. The van der Waals surface area contributed by atoms with Crippen LogP contribution in [0, 0.1) is 0 Å². The number of carbonyl (C=O) groups is 2. The third kappa shape index (κ3) is 4.52. The summed E-state index contributed by atoms with van der Waals surface area (Å²) >= 11 is 0. The zero-order valence-electron chi connectivity index (χ0n) is 10.9. The van der Waals surface area contributed by atoms with E-state index in [9.17, 15) is 9.59 Å². The molecule has 1 rings (SSSR count). The van der Waals surface area contributed by atoms with Gasteiger partial charge in [-0.25, -0.2) is 4.79 Å². The van der Waals surface area contributed by atoms with Crippen LogP contribution in [0.4, 0.5) is 4.79 Å². The molecule has 0 spiro atoms. The lowest BCUT2D eigenvalue weighted by Gasteiger charge is -2.31. The van der Waals surface area contributed by atoms with Gasteiger partial charge in [0.1, 0.15) is 0 Å². The Bertz CT molecular complexity index is 296. The topological polar surface area (TPSA) is 95.7 Å². The Labute approximate surface area is 108 Å². The van der Waals surface area contributed by atoms with Gasteiger partial charge in [0.2, 0.25) is 0 Å². The average molecular weight is 257 g/mol. The van der Waals surface area contributed by atoms with Gasteiger partial charge in [0.25, 0.3) is 0 Å². The van der Waals surface area contributed by atoms with Gasteiger partial charge >= 0.3 is 12.0 Å². The molecule has 2 amide bonds. The monoisotopic (exact) mass is 257 g/mol. The van der Waals surface area contributed by atoms with E-state index in [1.807, 2.05) is 6.92 Å². The SMILES string of the molecule is CCN(CCC(=O)O)C(=O)NC1CCCCC1N. The van der Waals surface area contributed by atoms with Gasteiger partial charge in [-0.15, -0.1) is 0 Å². The summed E-state index contributed by atoms with van der Waals surface area (Å²) in [7, 11) is 0. The predicted molar refractivity (Wildman–Crippen MR) is 68.3 cm³/mol. The summed E-state index contributed by atoms with van der Waals surface area (Å²) in [5.74, 6) is -0.893. The number of carboxylic acids is 1. The molecule has 2 atom stereocenters. The molecule has 18 heavy (non-hydrogen) atoms. The smallest absolute Gasteiger partial charge is 0.317 e. The van der Waals surface area contributed by atoms with Gasteiger partial charge in [0.15, 0.2) is 0 Å². The second-order valence-corrected chi connectivity index (χ2v) is 4.73. The highest BCUT2D eigenvalue weighted by atomic mass is 16.4. The largest absolute Gasteiger partial charge is 0.481 e. The Hall–Kier alpha value is -1.30. The number of nitrogens with two attached hydrogens (primary N) is 1. The van der Waals surface area contributed by atoms with Gasteiger partial charge < -0.3 is 21.1 Å². The fraction of sp³-hybridized carbons (Fsp3) is 0.833. The Balaban J connectivity index is 2.43. The molecule has 0 saturated heterocycles. The lowest BCUT2D eigenvalue weighted by Crippen LogP contribution is -2.53. The van der Waals surface area contributed by atoms with Crippen molar-refractivity contribution < 1.29 is 14.7 Å². The first-order chi connectivity index (χ1) is 8.54. The highest BCUT2D eigenvalue weighted by molar-refractivity contribution is 5.75. The van der Waals surface area contributed by atoms with Gasteiger partial charge in [-0.2, -0.15) is 0 Å². The number of carbonyl (C=O) groups excluding carboxylic acids is 1. The second kappa shape index (κ2) is 7.20. The van der Waals surface area contributed by atoms with Crippen molar-refractivity contribution in [1.82, 2.24) is 10.2 Å². The van der Waals surface area contributed by atoms with Gasteiger partial charge in [0.05, 0.1) is 6.42 Å². The average Bonchev–Trinajstić information content (AvgIpc) is 2.32. The molecule has 104 valence electrons. The minimum absolute atomic E-state index is 0.0147. The molecule has 2 unspecified atom stereocenters. The van der Waals surface area contributed by atoms with Crippen molar-refractivity contribution in [3.63, 3.8) is 0 Å². The fourth-order valence-corrected chi connectivity index (χ4v) is 2.22. The first-order valence-corrected chi connectivity index (χ1v) is 6.57. The molecule has 6 heteroatoms. The van der Waals surface area contributed by atoms with E-state index in [0.29, 0.717) is 6.54 Å². The number of amides is 2. The van der Waals surface area contributed by atoms with Crippen LogP contribution in [0.1, 0.15) is 39.0 Å². The number of urea groups is 1. The van der Waals surface area contributed by atoms with Gasteiger partial charge in [-0.3, -0.25) is 4.79 Å². The van der Waals surface area contributed by atoms with Crippen molar-refractivity contribution in [1.29, 1.82) is 0 Å². The van der Waals surface area contributed by atoms with Crippen molar-refractivity contribution in [2.24, 2.45) is 5.73 Å². The maximum absolute atomic E-state index is 12.0. The van der Waals surface area contributed by atoms with Crippen LogP contribution in [0.3, 0.4) is 0 Å². The predicted octanol–water partition coefficient (Wildman–Crippen LogP) is 0.763. The van der Waals surface area contributed by atoms with Crippen molar-refractivity contribution in [3.8, 4) is 0 Å². The minimum atomic E-state index is -0.893. The summed E-state index contributed by atoms with van der Waals surface area (Å²) in [5.41, 5.74) is 5.96. The van der Waals surface area contributed by atoms with Crippen LogP contribution < -0.4 is 11.1 Å². The third-order valence-electron chi connectivity index (χ3n) is 3.39. The van der Waals surface area contributed by atoms with E-state index in [1.165, 1.54) is 4.90 Å². The van der Waals surface area contributed by atoms with Crippen LogP contribution in [-0.4, -0.2) is 47.2 Å². The number of rotatable bonds is 5. The molecular formula is C12H23N3O3. The summed E-state index contributed by atoms with van der Waals surface area (Å²) in [6.45, 7) is 2.57. The van der Waals surface area contributed by atoms with Crippen molar-refractivity contribution >= 4 is 12.0 Å². The molecule has 0 heterocycles. The van der Waals surface area contributed by atoms with Crippen LogP contribution in [-0.2, 0) is 4.79 Å². The molecule has 6 nitrogen and oxygen atoms in total. The summed E-state index contributed by atoms with van der Waals surface area (Å²) < 4.78 is 0. The van der Waals surface area contributed by atoms with Crippen LogP contribution >= 0.6 is 0 Å². The van der Waals surface area contributed by atoms with E-state index in [1.54, 1.807) is 0 Å². The fourth-order valence-electron chi connectivity index (χ4n) is 2.22. The number of nitrogens with one attached hydrogen (secondary N) is 1. The Kier molecular flexibility index (Phi) is 5.91. The lowest BCUT2D eigenvalue weighted by molar-refractivity contribution is -0.137. The van der Waals surface area contributed by atoms with E-state index in [2.05, 4.69) is 5.32 Å². The van der Waals surface area contributed by atoms with Crippen LogP contribution in [0.15, 0.2) is 0 Å². The lowest BCUT2D eigenvalue weighted by atomic mass is 9.91. The first-order valence-electron chi connectivity index (χ1n) is 6.57. The summed E-state index contributed by atoms with van der Waals surface area (Å²) in [5, 5.41) is 11.5. The molecule has 0 aromatic carbocycles.